The maximum absolute atomic E-state index is 12.4. The molecule has 1 aliphatic heterocycles. The molecule has 1 N–H and O–H groups in total. The standard InChI is InChI=1S/C23H28N2O3/c1-16(2)13-17-6-8-18(9-7-17)14-22(26)24-19-10-11-20(21(15-19)28-3)25-12-4-5-23(25)27/h6-11,15-16H,4-5,12-14H2,1-3H3,(H,24,26). The fraction of sp³-hybridized carbons (Fsp3) is 0.391. The second-order valence-corrected chi connectivity index (χ2v) is 7.67. The second kappa shape index (κ2) is 8.91. The Morgan fingerprint density at radius 2 is 1.86 bits per heavy atom. The third kappa shape index (κ3) is 4.91. The maximum atomic E-state index is 12.4. The lowest BCUT2D eigenvalue weighted by Gasteiger charge is -2.19. The Kier molecular flexibility index (Phi) is 6.34. The molecular formula is C23H28N2O3. The van der Waals surface area contributed by atoms with E-state index >= 15 is 0 Å². The number of anilines is 2. The fourth-order valence-electron chi connectivity index (χ4n) is 3.54. The zero-order valence-corrected chi connectivity index (χ0v) is 16.8. The van der Waals surface area contributed by atoms with Crippen molar-refractivity contribution in [3.8, 4) is 5.75 Å². The topological polar surface area (TPSA) is 58.6 Å². The fourth-order valence-corrected chi connectivity index (χ4v) is 3.54. The first kappa shape index (κ1) is 19.9. The number of carbonyl (C=O) groups is 2. The van der Waals surface area contributed by atoms with E-state index in [0.29, 0.717) is 36.7 Å². The lowest BCUT2D eigenvalue weighted by atomic mass is 10.0. The molecule has 2 aromatic rings. The Morgan fingerprint density at radius 3 is 2.46 bits per heavy atom. The summed E-state index contributed by atoms with van der Waals surface area (Å²) in [4.78, 5) is 26.2. The van der Waals surface area contributed by atoms with Crippen LogP contribution >= 0.6 is 0 Å². The number of carbonyl (C=O) groups excluding carboxylic acids is 2. The Hall–Kier alpha value is -2.82. The van der Waals surface area contributed by atoms with Gasteiger partial charge in [0, 0.05) is 24.7 Å². The average Bonchev–Trinajstić information content (AvgIpc) is 3.08. The molecule has 3 rings (SSSR count). The Balaban J connectivity index is 1.64. The number of hydrogen-bond donors (Lipinski definition) is 1. The van der Waals surface area contributed by atoms with Gasteiger partial charge in [-0.3, -0.25) is 9.59 Å². The molecule has 0 unspecified atom stereocenters. The molecule has 0 atom stereocenters. The van der Waals surface area contributed by atoms with Crippen LogP contribution in [0.4, 0.5) is 11.4 Å². The van der Waals surface area contributed by atoms with Crippen LogP contribution in [0, 0.1) is 5.92 Å². The van der Waals surface area contributed by atoms with Crippen molar-refractivity contribution in [2.75, 3.05) is 23.9 Å². The lowest BCUT2D eigenvalue weighted by molar-refractivity contribution is -0.117. The SMILES string of the molecule is COc1cc(NC(=O)Cc2ccc(CC(C)C)cc2)ccc1N1CCCC1=O. The molecule has 0 bridgehead atoms. The molecule has 28 heavy (non-hydrogen) atoms. The van der Waals surface area contributed by atoms with E-state index in [1.54, 1.807) is 18.1 Å². The highest BCUT2D eigenvalue weighted by atomic mass is 16.5. The number of hydrogen-bond acceptors (Lipinski definition) is 3. The van der Waals surface area contributed by atoms with Crippen molar-refractivity contribution in [3.05, 3.63) is 53.6 Å². The van der Waals surface area contributed by atoms with Crippen molar-refractivity contribution >= 4 is 23.2 Å². The molecule has 0 spiro atoms. The normalized spacial score (nSPS) is 13.9. The molecule has 2 aromatic carbocycles. The molecule has 1 aliphatic rings. The number of ether oxygens (including phenoxy) is 1. The molecule has 1 saturated heterocycles. The quantitative estimate of drug-likeness (QED) is 0.783. The summed E-state index contributed by atoms with van der Waals surface area (Å²) in [5, 5.41) is 2.92. The summed E-state index contributed by atoms with van der Waals surface area (Å²) in [6.45, 7) is 5.09. The number of nitrogens with one attached hydrogen (secondary N) is 1. The third-order valence-corrected chi connectivity index (χ3v) is 4.86. The predicted molar refractivity (Wildman–Crippen MR) is 112 cm³/mol. The molecule has 1 fully saturated rings. The van der Waals surface area contributed by atoms with E-state index in [1.165, 1.54) is 5.56 Å². The first-order chi connectivity index (χ1) is 13.5. The Bertz CT molecular complexity index is 843. The van der Waals surface area contributed by atoms with Crippen LogP contribution in [0.3, 0.4) is 0 Å². The maximum Gasteiger partial charge on any atom is 0.228 e. The highest BCUT2D eigenvalue weighted by Crippen LogP contribution is 2.33. The van der Waals surface area contributed by atoms with Gasteiger partial charge in [0.2, 0.25) is 11.8 Å². The first-order valence-corrected chi connectivity index (χ1v) is 9.82. The van der Waals surface area contributed by atoms with Gasteiger partial charge in [-0.05, 0) is 42.0 Å². The third-order valence-electron chi connectivity index (χ3n) is 4.86. The molecule has 0 aromatic heterocycles. The average molecular weight is 380 g/mol. The van der Waals surface area contributed by atoms with Gasteiger partial charge in [0.05, 0.1) is 19.2 Å². The summed E-state index contributed by atoms with van der Waals surface area (Å²) >= 11 is 0. The molecule has 0 aliphatic carbocycles. The van der Waals surface area contributed by atoms with Crippen LogP contribution in [0.1, 0.15) is 37.8 Å². The molecule has 0 saturated carbocycles. The van der Waals surface area contributed by atoms with Gasteiger partial charge in [0.1, 0.15) is 5.75 Å². The van der Waals surface area contributed by atoms with Crippen LogP contribution in [0.2, 0.25) is 0 Å². The Morgan fingerprint density at radius 1 is 1.14 bits per heavy atom. The van der Waals surface area contributed by atoms with Crippen molar-refractivity contribution in [1.82, 2.24) is 0 Å². The van der Waals surface area contributed by atoms with Gasteiger partial charge in [-0.2, -0.15) is 0 Å². The van der Waals surface area contributed by atoms with Crippen molar-refractivity contribution in [2.24, 2.45) is 5.92 Å². The summed E-state index contributed by atoms with van der Waals surface area (Å²) in [7, 11) is 1.57. The van der Waals surface area contributed by atoms with Gasteiger partial charge in [-0.15, -0.1) is 0 Å². The lowest BCUT2D eigenvalue weighted by Crippen LogP contribution is -2.24. The van der Waals surface area contributed by atoms with Crippen molar-refractivity contribution in [2.45, 2.75) is 39.5 Å². The van der Waals surface area contributed by atoms with Crippen LogP contribution in [0.5, 0.6) is 5.75 Å². The number of methoxy groups -OCH3 is 1. The van der Waals surface area contributed by atoms with Crippen molar-refractivity contribution < 1.29 is 14.3 Å². The number of rotatable bonds is 7. The van der Waals surface area contributed by atoms with E-state index in [0.717, 1.165) is 24.1 Å². The van der Waals surface area contributed by atoms with Gasteiger partial charge in [0.15, 0.2) is 0 Å². The summed E-state index contributed by atoms with van der Waals surface area (Å²) in [5.74, 6) is 1.23. The second-order valence-electron chi connectivity index (χ2n) is 7.67. The molecular weight excluding hydrogens is 352 g/mol. The molecule has 1 heterocycles. The summed E-state index contributed by atoms with van der Waals surface area (Å²) < 4.78 is 5.45. The smallest absolute Gasteiger partial charge is 0.228 e. The number of benzene rings is 2. The van der Waals surface area contributed by atoms with Gasteiger partial charge in [0.25, 0.3) is 0 Å². The van der Waals surface area contributed by atoms with Crippen LogP contribution in [0.15, 0.2) is 42.5 Å². The van der Waals surface area contributed by atoms with Gasteiger partial charge < -0.3 is 15.0 Å². The van der Waals surface area contributed by atoms with Gasteiger partial charge in [-0.1, -0.05) is 38.1 Å². The highest BCUT2D eigenvalue weighted by Gasteiger charge is 2.24. The van der Waals surface area contributed by atoms with E-state index in [-0.39, 0.29) is 11.8 Å². The number of nitrogens with zero attached hydrogens (tertiary/aromatic N) is 1. The van der Waals surface area contributed by atoms with Crippen molar-refractivity contribution in [3.63, 3.8) is 0 Å². The van der Waals surface area contributed by atoms with Gasteiger partial charge in [-0.25, -0.2) is 0 Å². The van der Waals surface area contributed by atoms with E-state index in [2.05, 4.69) is 31.3 Å². The molecule has 5 heteroatoms. The number of amides is 2. The van der Waals surface area contributed by atoms with E-state index < -0.39 is 0 Å². The minimum Gasteiger partial charge on any atom is -0.494 e. The van der Waals surface area contributed by atoms with Crippen LogP contribution in [0.25, 0.3) is 0 Å². The molecule has 5 nitrogen and oxygen atoms in total. The van der Waals surface area contributed by atoms with E-state index in [9.17, 15) is 9.59 Å². The van der Waals surface area contributed by atoms with Gasteiger partial charge >= 0.3 is 0 Å². The summed E-state index contributed by atoms with van der Waals surface area (Å²) in [5.41, 5.74) is 3.68. The molecule has 2 amide bonds. The van der Waals surface area contributed by atoms with Crippen LogP contribution < -0.4 is 15.0 Å². The molecule has 148 valence electrons. The van der Waals surface area contributed by atoms with Crippen LogP contribution in [-0.2, 0) is 22.4 Å². The predicted octanol–water partition coefficient (Wildman–Crippen LogP) is 4.20. The largest absolute Gasteiger partial charge is 0.494 e. The van der Waals surface area contributed by atoms with Crippen molar-refractivity contribution in [1.29, 1.82) is 0 Å². The molecule has 0 radical (unpaired) electrons. The minimum absolute atomic E-state index is 0.0799. The zero-order chi connectivity index (χ0) is 20.1. The van der Waals surface area contributed by atoms with E-state index in [4.69, 9.17) is 4.74 Å². The monoisotopic (exact) mass is 380 g/mol. The van der Waals surface area contributed by atoms with E-state index in [1.807, 2.05) is 24.3 Å². The van der Waals surface area contributed by atoms with Crippen LogP contribution in [-0.4, -0.2) is 25.5 Å². The zero-order valence-electron chi connectivity index (χ0n) is 16.8. The first-order valence-electron chi connectivity index (χ1n) is 9.82. The summed E-state index contributed by atoms with van der Waals surface area (Å²) in [6.07, 6.45) is 2.78. The minimum atomic E-state index is -0.0799. The Labute approximate surface area is 166 Å². The summed E-state index contributed by atoms with van der Waals surface area (Å²) in [6, 6.07) is 13.6. The highest BCUT2D eigenvalue weighted by molar-refractivity contribution is 5.98.